The largest absolute Gasteiger partial charge is 0.307 e. The fourth-order valence-electron chi connectivity index (χ4n) is 2.96. The van der Waals surface area contributed by atoms with E-state index >= 15 is 0 Å². The summed E-state index contributed by atoms with van der Waals surface area (Å²) in [6.07, 6.45) is 10.8. The van der Waals surface area contributed by atoms with Crippen molar-refractivity contribution in [3.8, 4) is 0 Å². The highest BCUT2D eigenvalue weighted by Gasteiger charge is 2.21. The quantitative estimate of drug-likeness (QED) is 0.678. The van der Waals surface area contributed by atoms with Gasteiger partial charge in [-0.3, -0.25) is 0 Å². The molecule has 2 rings (SSSR count). The standard InChI is InChI=1S/C16H27NS/c1-3-4-5-6-8-13(2)17-15-9-7-10-16-14(15)11-12-18-16/h11-13,15,17H,3-10H2,1-2H3. The molecule has 1 aliphatic carbocycles. The molecule has 0 aliphatic heterocycles. The molecule has 0 radical (unpaired) electrons. The van der Waals surface area contributed by atoms with Gasteiger partial charge >= 0.3 is 0 Å². The molecule has 2 atom stereocenters. The van der Waals surface area contributed by atoms with Crippen molar-refractivity contribution < 1.29 is 0 Å². The van der Waals surface area contributed by atoms with E-state index in [0.29, 0.717) is 12.1 Å². The van der Waals surface area contributed by atoms with Gasteiger partial charge in [0.05, 0.1) is 0 Å². The van der Waals surface area contributed by atoms with Crippen molar-refractivity contribution >= 4 is 11.3 Å². The smallest absolute Gasteiger partial charge is 0.0333 e. The van der Waals surface area contributed by atoms with Crippen molar-refractivity contribution in [2.75, 3.05) is 0 Å². The summed E-state index contributed by atoms with van der Waals surface area (Å²) in [5, 5.41) is 6.11. The molecule has 1 aromatic rings. The minimum absolute atomic E-state index is 0.626. The zero-order valence-corrected chi connectivity index (χ0v) is 12.7. The summed E-state index contributed by atoms with van der Waals surface area (Å²) in [6.45, 7) is 4.63. The molecule has 2 unspecified atom stereocenters. The molecule has 0 spiro atoms. The first-order valence-electron chi connectivity index (χ1n) is 7.63. The number of thiophene rings is 1. The lowest BCUT2D eigenvalue weighted by Gasteiger charge is -2.27. The van der Waals surface area contributed by atoms with Crippen LogP contribution in [-0.2, 0) is 6.42 Å². The molecule has 0 saturated carbocycles. The van der Waals surface area contributed by atoms with Gasteiger partial charge < -0.3 is 5.32 Å². The second-order valence-corrected chi connectivity index (χ2v) is 6.66. The SMILES string of the molecule is CCCCCCC(C)NC1CCCc2sccc21. The molecule has 1 aliphatic rings. The van der Waals surface area contributed by atoms with Crippen LogP contribution in [0.3, 0.4) is 0 Å². The number of aryl methyl sites for hydroxylation is 1. The summed E-state index contributed by atoms with van der Waals surface area (Å²) in [5.74, 6) is 0. The van der Waals surface area contributed by atoms with Crippen molar-refractivity contribution in [2.24, 2.45) is 0 Å². The molecule has 0 fully saturated rings. The van der Waals surface area contributed by atoms with Gasteiger partial charge in [-0.25, -0.2) is 0 Å². The maximum absolute atomic E-state index is 3.84. The average molecular weight is 265 g/mol. The summed E-state index contributed by atoms with van der Waals surface area (Å²) in [5.41, 5.74) is 1.59. The second-order valence-electron chi connectivity index (χ2n) is 5.66. The Hall–Kier alpha value is -0.340. The summed E-state index contributed by atoms with van der Waals surface area (Å²) >= 11 is 1.94. The van der Waals surface area contributed by atoms with Crippen LogP contribution in [0.15, 0.2) is 11.4 Å². The van der Waals surface area contributed by atoms with E-state index in [1.807, 2.05) is 11.3 Å². The number of hydrogen-bond acceptors (Lipinski definition) is 2. The Labute approximate surface area is 116 Å². The Morgan fingerprint density at radius 2 is 2.28 bits per heavy atom. The van der Waals surface area contributed by atoms with Crippen LogP contribution in [-0.4, -0.2) is 6.04 Å². The lowest BCUT2D eigenvalue weighted by atomic mass is 9.93. The van der Waals surface area contributed by atoms with Gasteiger partial charge in [-0.05, 0) is 49.6 Å². The molecule has 18 heavy (non-hydrogen) atoms. The monoisotopic (exact) mass is 265 g/mol. The van der Waals surface area contributed by atoms with Crippen molar-refractivity contribution in [1.29, 1.82) is 0 Å². The van der Waals surface area contributed by atoms with Gasteiger partial charge in [-0.1, -0.05) is 32.6 Å². The topological polar surface area (TPSA) is 12.0 Å². The highest BCUT2D eigenvalue weighted by atomic mass is 32.1. The van der Waals surface area contributed by atoms with Crippen LogP contribution in [0.1, 0.15) is 75.3 Å². The molecule has 0 bridgehead atoms. The minimum Gasteiger partial charge on any atom is -0.307 e. The number of nitrogens with one attached hydrogen (secondary N) is 1. The van der Waals surface area contributed by atoms with Crippen LogP contribution < -0.4 is 5.32 Å². The van der Waals surface area contributed by atoms with Crippen LogP contribution in [0.2, 0.25) is 0 Å². The summed E-state index contributed by atoms with van der Waals surface area (Å²) in [7, 11) is 0. The van der Waals surface area contributed by atoms with Gasteiger partial charge in [0.25, 0.3) is 0 Å². The Kier molecular flexibility index (Phi) is 5.71. The van der Waals surface area contributed by atoms with E-state index in [2.05, 4.69) is 30.6 Å². The van der Waals surface area contributed by atoms with Gasteiger partial charge in [0.2, 0.25) is 0 Å². The van der Waals surface area contributed by atoms with Crippen molar-refractivity contribution in [1.82, 2.24) is 5.32 Å². The molecule has 2 heteroatoms. The van der Waals surface area contributed by atoms with Crippen LogP contribution >= 0.6 is 11.3 Å². The Balaban J connectivity index is 1.76. The van der Waals surface area contributed by atoms with Crippen LogP contribution in [0, 0.1) is 0 Å². The molecule has 0 amide bonds. The van der Waals surface area contributed by atoms with Crippen LogP contribution in [0.25, 0.3) is 0 Å². The molecule has 1 nitrogen and oxygen atoms in total. The summed E-state index contributed by atoms with van der Waals surface area (Å²) in [4.78, 5) is 1.62. The molecule has 102 valence electrons. The molecule has 0 saturated heterocycles. The zero-order chi connectivity index (χ0) is 12.8. The number of rotatable bonds is 7. The van der Waals surface area contributed by atoms with E-state index < -0.39 is 0 Å². The third-order valence-corrected chi connectivity index (χ3v) is 5.02. The van der Waals surface area contributed by atoms with Gasteiger partial charge in [0, 0.05) is 17.0 Å². The maximum Gasteiger partial charge on any atom is 0.0333 e. The maximum atomic E-state index is 3.84. The number of hydrogen-bond donors (Lipinski definition) is 1. The van der Waals surface area contributed by atoms with E-state index in [1.165, 1.54) is 51.4 Å². The fourth-order valence-corrected chi connectivity index (χ4v) is 3.95. The van der Waals surface area contributed by atoms with Crippen LogP contribution in [0.5, 0.6) is 0 Å². The Morgan fingerprint density at radius 3 is 3.11 bits per heavy atom. The minimum atomic E-state index is 0.626. The third-order valence-electron chi connectivity index (χ3n) is 4.03. The molecule has 0 aromatic carbocycles. The van der Waals surface area contributed by atoms with Crippen molar-refractivity contribution in [3.05, 3.63) is 21.9 Å². The second kappa shape index (κ2) is 7.30. The highest BCUT2D eigenvalue weighted by molar-refractivity contribution is 7.10. The lowest BCUT2D eigenvalue weighted by molar-refractivity contribution is 0.388. The first-order chi connectivity index (χ1) is 8.81. The Morgan fingerprint density at radius 1 is 1.39 bits per heavy atom. The van der Waals surface area contributed by atoms with E-state index in [9.17, 15) is 0 Å². The third kappa shape index (κ3) is 3.83. The lowest BCUT2D eigenvalue weighted by Crippen LogP contribution is -2.32. The molecule has 1 heterocycles. The van der Waals surface area contributed by atoms with Crippen LogP contribution in [0.4, 0.5) is 0 Å². The van der Waals surface area contributed by atoms with E-state index in [-0.39, 0.29) is 0 Å². The fraction of sp³-hybridized carbons (Fsp3) is 0.750. The van der Waals surface area contributed by atoms with Crippen molar-refractivity contribution in [2.45, 2.75) is 77.3 Å². The molecule has 1 aromatic heterocycles. The predicted molar refractivity (Wildman–Crippen MR) is 81.4 cm³/mol. The predicted octanol–water partition coefficient (Wildman–Crippen LogP) is 5.07. The Bertz CT molecular complexity index is 345. The molecule has 1 N–H and O–H groups in total. The van der Waals surface area contributed by atoms with Crippen molar-refractivity contribution in [3.63, 3.8) is 0 Å². The molecular formula is C16H27NS. The summed E-state index contributed by atoms with van der Waals surface area (Å²) in [6, 6.07) is 3.62. The number of fused-ring (bicyclic) bond motifs is 1. The van der Waals surface area contributed by atoms with Gasteiger partial charge in [-0.2, -0.15) is 0 Å². The normalized spacial score (nSPS) is 20.7. The molecular weight excluding hydrogens is 238 g/mol. The first kappa shape index (κ1) is 14.1. The zero-order valence-electron chi connectivity index (χ0n) is 11.9. The van der Waals surface area contributed by atoms with E-state index in [0.717, 1.165) is 0 Å². The van der Waals surface area contributed by atoms with E-state index in [4.69, 9.17) is 0 Å². The van der Waals surface area contributed by atoms with Gasteiger partial charge in [0.15, 0.2) is 0 Å². The first-order valence-corrected chi connectivity index (χ1v) is 8.51. The van der Waals surface area contributed by atoms with E-state index in [1.54, 1.807) is 10.4 Å². The van der Waals surface area contributed by atoms with Gasteiger partial charge in [-0.15, -0.1) is 11.3 Å². The number of unbranched alkanes of at least 4 members (excludes halogenated alkanes) is 3. The van der Waals surface area contributed by atoms with Gasteiger partial charge in [0.1, 0.15) is 0 Å². The highest BCUT2D eigenvalue weighted by Crippen LogP contribution is 2.33. The summed E-state index contributed by atoms with van der Waals surface area (Å²) < 4.78 is 0. The average Bonchev–Trinajstić information content (AvgIpc) is 2.84.